The molecule has 2 aliphatic rings. The first-order valence-electron chi connectivity index (χ1n) is 8.35. The van der Waals surface area contributed by atoms with Gasteiger partial charge >= 0.3 is 0 Å². The Labute approximate surface area is 135 Å². The van der Waals surface area contributed by atoms with E-state index in [1.54, 1.807) is 0 Å². The third-order valence-electron chi connectivity index (χ3n) is 4.51. The van der Waals surface area contributed by atoms with Gasteiger partial charge in [-0.2, -0.15) is 0 Å². The van der Waals surface area contributed by atoms with Gasteiger partial charge in [0.05, 0.1) is 9.88 Å². The van der Waals surface area contributed by atoms with Gasteiger partial charge in [-0.1, -0.05) is 25.7 Å². The van der Waals surface area contributed by atoms with Crippen LogP contribution >= 0.6 is 11.3 Å². The van der Waals surface area contributed by atoms with E-state index < -0.39 is 0 Å². The number of nitrogens with one attached hydrogen (secondary N) is 2. The lowest BCUT2D eigenvalue weighted by atomic mass is 10.1. The predicted octanol–water partition coefficient (Wildman–Crippen LogP) is 3.86. The molecule has 0 saturated heterocycles. The maximum Gasteiger partial charge on any atom is 0.261 e. The van der Waals surface area contributed by atoms with Crippen LogP contribution in [0.1, 0.15) is 66.6 Å². The fourth-order valence-electron chi connectivity index (χ4n) is 3.01. The van der Waals surface area contributed by atoms with E-state index in [0.717, 1.165) is 41.1 Å². The van der Waals surface area contributed by atoms with Crippen LogP contribution in [0.15, 0.2) is 6.07 Å². The lowest BCUT2D eigenvalue weighted by molar-refractivity contribution is -0.117. The summed E-state index contributed by atoms with van der Waals surface area (Å²) in [5.74, 6) is 0.295. The van der Waals surface area contributed by atoms with Crippen molar-refractivity contribution in [1.82, 2.24) is 5.32 Å². The molecule has 0 radical (unpaired) electrons. The van der Waals surface area contributed by atoms with E-state index in [1.165, 1.54) is 37.0 Å². The molecule has 0 aliphatic heterocycles. The van der Waals surface area contributed by atoms with Crippen molar-refractivity contribution >= 4 is 28.2 Å². The number of carbonyl (C=O) groups is 2. The van der Waals surface area contributed by atoms with E-state index in [4.69, 9.17) is 0 Å². The summed E-state index contributed by atoms with van der Waals surface area (Å²) in [6.45, 7) is 1.94. The minimum Gasteiger partial charge on any atom is -0.349 e. The number of anilines is 1. The summed E-state index contributed by atoms with van der Waals surface area (Å²) in [6.07, 6.45) is 9.12. The van der Waals surface area contributed by atoms with Crippen molar-refractivity contribution in [3.8, 4) is 0 Å². The van der Waals surface area contributed by atoms with Gasteiger partial charge in [-0.25, -0.2) is 0 Å². The minimum atomic E-state index is 0.0151. The molecule has 22 heavy (non-hydrogen) atoms. The fraction of sp³-hybridized carbons (Fsp3) is 0.647. The van der Waals surface area contributed by atoms with E-state index in [9.17, 15) is 9.59 Å². The smallest absolute Gasteiger partial charge is 0.261 e. The number of thiophene rings is 1. The number of carbonyl (C=O) groups excluding carboxylic acids is 2. The second kappa shape index (κ2) is 6.82. The first kappa shape index (κ1) is 15.5. The van der Waals surface area contributed by atoms with Crippen molar-refractivity contribution in [3.63, 3.8) is 0 Å². The Bertz CT molecular complexity index is 555. The van der Waals surface area contributed by atoms with E-state index in [2.05, 4.69) is 10.6 Å². The monoisotopic (exact) mass is 320 g/mol. The summed E-state index contributed by atoms with van der Waals surface area (Å²) in [7, 11) is 0. The molecule has 0 atom stereocenters. The average molecular weight is 320 g/mol. The summed E-state index contributed by atoms with van der Waals surface area (Å²) < 4.78 is 0. The maximum atomic E-state index is 12.5. The molecule has 0 unspecified atom stereocenters. The van der Waals surface area contributed by atoms with Crippen molar-refractivity contribution in [2.45, 2.75) is 64.3 Å². The van der Waals surface area contributed by atoms with Crippen LogP contribution in [0.3, 0.4) is 0 Å². The number of hydrogen-bond acceptors (Lipinski definition) is 3. The Balaban J connectivity index is 1.61. The summed E-state index contributed by atoms with van der Waals surface area (Å²) in [6, 6.07) is 2.22. The molecule has 0 bridgehead atoms. The first-order chi connectivity index (χ1) is 10.6. The fourth-order valence-corrected chi connectivity index (χ4v) is 3.99. The SMILES string of the molecule is Cc1cc(NC(=O)C2CC2)sc1C(=O)NC1CCCCCC1. The quantitative estimate of drug-likeness (QED) is 0.828. The van der Waals surface area contributed by atoms with Crippen molar-refractivity contribution in [2.75, 3.05) is 5.32 Å². The topological polar surface area (TPSA) is 58.2 Å². The Kier molecular flexibility index (Phi) is 4.81. The first-order valence-corrected chi connectivity index (χ1v) is 9.17. The summed E-state index contributed by atoms with van der Waals surface area (Å²) >= 11 is 1.39. The molecule has 2 fully saturated rings. The van der Waals surface area contributed by atoms with Crippen LogP contribution in [0.25, 0.3) is 0 Å². The molecule has 5 heteroatoms. The largest absolute Gasteiger partial charge is 0.349 e. The van der Waals surface area contributed by atoms with Gasteiger partial charge in [0.25, 0.3) is 5.91 Å². The third-order valence-corrected chi connectivity index (χ3v) is 5.66. The lowest BCUT2D eigenvalue weighted by Crippen LogP contribution is -2.34. The van der Waals surface area contributed by atoms with Crippen LogP contribution in [-0.2, 0) is 4.79 Å². The molecule has 2 N–H and O–H groups in total. The van der Waals surface area contributed by atoms with Gasteiger partial charge < -0.3 is 10.6 Å². The van der Waals surface area contributed by atoms with Crippen molar-refractivity contribution in [1.29, 1.82) is 0 Å². The molecule has 1 aromatic rings. The van der Waals surface area contributed by atoms with Crippen LogP contribution in [0.5, 0.6) is 0 Å². The zero-order valence-corrected chi connectivity index (χ0v) is 13.9. The van der Waals surface area contributed by atoms with Crippen molar-refractivity contribution in [2.24, 2.45) is 5.92 Å². The molecule has 3 rings (SSSR count). The van der Waals surface area contributed by atoms with Gasteiger partial charge in [-0.3, -0.25) is 9.59 Å². The van der Waals surface area contributed by atoms with Crippen molar-refractivity contribution < 1.29 is 9.59 Å². The predicted molar refractivity (Wildman–Crippen MR) is 89.4 cm³/mol. The van der Waals surface area contributed by atoms with Crippen LogP contribution in [-0.4, -0.2) is 17.9 Å². The Hall–Kier alpha value is -1.36. The number of amides is 2. The van der Waals surface area contributed by atoms with E-state index >= 15 is 0 Å². The Morgan fingerprint density at radius 3 is 2.41 bits per heavy atom. The number of aryl methyl sites for hydroxylation is 1. The molecular formula is C17H24N2O2S. The van der Waals surface area contributed by atoms with E-state index in [1.807, 2.05) is 13.0 Å². The van der Waals surface area contributed by atoms with Crippen LogP contribution in [0, 0.1) is 12.8 Å². The molecule has 4 nitrogen and oxygen atoms in total. The van der Waals surface area contributed by atoms with Gasteiger partial charge in [-0.15, -0.1) is 11.3 Å². The molecule has 2 saturated carbocycles. The van der Waals surface area contributed by atoms with Crippen LogP contribution in [0.4, 0.5) is 5.00 Å². The van der Waals surface area contributed by atoms with E-state index in [0.29, 0.717) is 6.04 Å². The molecule has 120 valence electrons. The summed E-state index contributed by atoms with van der Waals surface area (Å²) in [5.41, 5.74) is 0.946. The second-order valence-corrected chi connectivity index (χ2v) is 7.60. The third kappa shape index (κ3) is 3.88. The highest BCUT2D eigenvalue weighted by atomic mass is 32.1. The highest BCUT2D eigenvalue weighted by Crippen LogP contribution is 2.33. The van der Waals surface area contributed by atoms with Crippen LogP contribution < -0.4 is 10.6 Å². The second-order valence-electron chi connectivity index (χ2n) is 6.55. The Morgan fingerprint density at radius 1 is 1.09 bits per heavy atom. The number of hydrogen-bond donors (Lipinski definition) is 2. The lowest BCUT2D eigenvalue weighted by Gasteiger charge is -2.15. The van der Waals surface area contributed by atoms with Crippen LogP contribution in [0.2, 0.25) is 0 Å². The molecule has 0 aromatic carbocycles. The average Bonchev–Trinajstić information content (AvgIpc) is 3.28. The molecule has 2 aliphatic carbocycles. The minimum absolute atomic E-state index is 0.0151. The molecule has 2 amide bonds. The summed E-state index contributed by atoms with van der Waals surface area (Å²) in [5, 5.41) is 6.90. The van der Waals surface area contributed by atoms with Gasteiger partial charge in [0.2, 0.25) is 5.91 Å². The van der Waals surface area contributed by atoms with Gasteiger partial charge in [0.1, 0.15) is 0 Å². The van der Waals surface area contributed by atoms with Gasteiger partial charge in [0.15, 0.2) is 0 Å². The molecule has 1 aromatic heterocycles. The normalized spacial score (nSPS) is 19.5. The highest BCUT2D eigenvalue weighted by Gasteiger charge is 2.30. The van der Waals surface area contributed by atoms with Gasteiger partial charge in [-0.05, 0) is 44.2 Å². The standard InChI is InChI=1S/C17H24N2O2S/c1-11-10-14(19-16(20)12-8-9-12)22-15(11)17(21)18-13-6-4-2-3-5-7-13/h10,12-13H,2-9H2,1H3,(H,18,21)(H,19,20). The van der Waals surface area contributed by atoms with Crippen molar-refractivity contribution in [3.05, 3.63) is 16.5 Å². The number of rotatable bonds is 4. The zero-order chi connectivity index (χ0) is 15.5. The molecule has 1 heterocycles. The van der Waals surface area contributed by atoms with Gasteiger partial charge in [0, 0.05) is 12.0 Å². The zero-order valence-electron chi connectivity index (χ0n) is 13.1. The highest BCUT2D eigenvalue weighted by molar-refractivity contribution is 7.18. The summed E-state index contributed by atoms with van der Waals surface area (Å²) in [4.78, 5) is 25.0. The van der Waals surface area contributed by atoms with E-state index in [-0.39, 0.29) is 17.7 Å². The maximum absolute atomic E-state index is 12.5. The molecule has 0 spiro atoms. The molecular weight excluding hydrogens is 296 g/mol. The Morgan fingerprint density at radius 2 is 1.77 bits per heavy atom.